The Labute approximate surface area is 235 Å². The van der Waals surface area contributed by atoms with Crippen LogP contribution >= 0.6 is 24.0 Å². The van der Waals surface area contributed by atoms with Gasteiger partial charge in [0, 0.05) is 22.0 Å². The molecule has 0 saturated heterocycles. The van der Waals surface area contributed by atoms with Crippen LogP contribution in [-0.4, -0.2) is 46.1 Å². The normalized spacial score (nSPS) is 9.90. The molecule has 0 atom stereocenters. The highest BCUT2D eigenvalue weighted by Crippen LogP contribution is 2.24. The zero-order valence-corrected chi connectivity index (χ0v) is 22.3. The fourth-order valence-corrected chi connectivity index (χ4v) is 3.70. The molecule has 9 nitrogen and oxygen atoms in total. The lowest BCUT2D eigenvalue weighted by Crippen LogP contribution is -2.02. The third-order valence-corrected chi connectivity index (χ3v) is 5.66. The van der Waals surface area contributed by atoms with Crippen LogP contribution in [0.15, 0.2) is 73.3 Å². The first-order valence-electron chi connectivity index (χ1n) is 11.1. The molecule has 1 N–H and O–H groups in total. The summed E-state index contributed by atoms with van der Waals surface area (Å²) in [6.07, 6.45) is 8.21. The number of nitrogens with one attached hydrogen (secondary N) is 1. The van der Waals surface area contributed by atoms with Crippen LogP contribution in [0, 0.1) is 12.3 Å². The molecule has 2 heterocycles. The Morgan fingerprint density at radius 1 is 0.821 bits per heavy atom. The van der Waals surface area contributed by atoms with Crippen LogP contribution < -0.4 is 5.32 Å². The van der Waals surface area contributed by atoms with Gasteiger partial charge >= 0.3 is 11.9 Å². The Morgan fingerprint density at radius 2 is 1.41 bits per heavy atom. The molecule has 0 saturated carbocycles. The molecule has 5 aromatic rings. The number of benzene rings is 3. The number of halogens is 2. The lowest BCUT2D eigenvalue weighted by atomic mass is 10.1. The minimum atomic E-state index is -0.401. The van der Waals surface area contributed by atoms with E-state index in [-0.39, 0.29) is 12.4 Å². The summed E-state index contributed by atoms with van der Waals surface area (Å²) in [6.45, 7) is 0. The van der Waals surface area contributed by atoms with Gasteiger partial charge in [0.05, 0.1) is 36.4 Å². The molecule has 0 unspecified atom stereocenters. The van der Waals surface area contributed by atoms with Gasteiger partial charge in [-0.15, -0.1) is 18.8 Å². The Hall–Kier alpha value is -4.78. The summed E-state index contributed by atoms with van der Waals surface area (Å²) in [5, 5.41) is 5.11. The summed E-state index contributed by atoms with van der Waals surface area (Å²) >= 11 is 5.86. The van der Waals surface area contributed by atoms with Gasteiger partial charge in [-0.2, -0.15) is 0 Å². The Balaban J connectivity index is 0.000000228. The molecule has 196 valence electrons. The molecule has 5 rings (SSSR count). The van der Waals surface area contributed by atoms with Crippen LogP contribution in [0.1, 0.15) is 26.3 Å². The maximum absolute atomic E-state index is 11.6. The van der Waals surface area contributed by atoms with E-state index in [9.17, 15) is 9.59 Å². The standard InChI is InChI=1S/C18H13N3O2.C10H7ClN2O2.ClH/c1-3-12-5-4-6-14(9-12)21-17-15-8-7-13(18(22)23-2)10-16(15)19-11-20-17;1-15-10(14)6-2-3-7-8(4-6)12-5-13-9(7)11;/h1,4-11H,2H3,(H,19,20,21);2-5H,1H3;1H. The zero-order valence-electron chi connectivity index (χ0n) is 20.7. The van der Waals surface area contributed by atoms with E-state index >= 15 is 0 Å². The molecule has 0 aliphatic heterocycles. The number of carbonyl (C=O) groups is 2. The van der Waals surface area contributed by atoms with E-state index in [0.717, 1.165) is 16.6 Å². The quantitative estimate of drug-likeness (QED) is 0.169. The number of hydrogen-bond acceptors (Lipinski definition) is 9. The van der Waals surface area contributed by atoms with E-state index < -0.39 is 11.9 Å². The number of aromatic nitrogens is 4. The largest absolute Gasteiger partial charge is 0.465 e. The number of carbonyl (C=O) groups excluding carboxylic acids is 2. The number of nitrogens with zero attached hydrogens (tertiary/aromatic N) is 4. The number of methoxy groups -OCH3 is 2. The van der Waals surface area contributed by atoms with Gasteiger partial charge in [-0.05, 0) is 54.6 Å². The Kier molecular flexibility index (Phi) is 9.70. The van der Waals surface area contributed by atoms with Crippen molar-refractivity contribution in [1.29, 1.82) is 0 Å². The second-order valence-corrected chi connectivity index (χ2v) is 8.04. The van der Waals surface area contributed by atoms with Crippen molar-refractivity contribution in [1.82, 2.24) is 19.9 Å². The number of esters is 2. The number of anilines is 2. The Bertz CT molecular complexity index is 1710. The van der Waals surface area contributed by atoms with Crippen molar-refractivity contribution in [3.63, 3.8) is 0 Å². The van der Waals surface area contributed by atoms with Crippen LogP contribution in [0.25, 0.3) is 21.8 Å². The predicted molar refractivity (Wildman–Crippen MR) is 152 cm³/mol. The van der Waals surface area contributed by atoms with E-state index in [4.69, 9.17) is 22.8 Å². The average Bonchev–Trinajstić information content (AvgIpc) is 2.96. The van der Waals surface area contributed by atoms with E-state index in [0.29, 0.717) is 38.5 Å². The first-order chi connectivity index (χ1) is 18.4. The molecule has 0 amide bonds. The molecule has 3 aromatic carbocycles. The average molecular weight is 562 g/mol. The molecule has 11 heteroatoms. The molecule has 2 aromatic heterocycles. The summed E-state index contributed by atoms with van der Waals surface area (Å²) in [5.41, 5.74) is 3.77. The second kappa shape index (κ2) is 13.1. The molecular formula is C28H21Cl2N5O4. The van der Waals surface area contributed by atoms with Crippen LogP contribution in [0.5, 0.6) is 0 Å². The molecule has 0 aliphatic carbocycles. The Morgan fingerprint density at radius 3 is 2.03 bits per heavy atom. The lowest BCUT2D eigenvalue weighted by molar-refractivity contribution is 0.0592. The van der Waals surface area contributed by atoms with Gasteiger partial charge in [-0.3, -0.25) is 0 Å². The van der Waals surface area contributed by atoms with Gasteiger partial charge in [-0.25, -0.2) is 29.5 Å². The minimum absolute atomic E-state index is 0. The van der Waals surface area contributed by atoms with Crippen molar-refractivity contribution in [2.24, 2.45) is 0 Å². The van der Waals surface area contributed by atoms with Crippen molar-refractivity contribution in [2.45, 2.75) is 0 Å². The first-order valence-corrected chi connectivity index (χ1v) is 11.5. The van der Waals surface area contributed by atoms with Crippen molar-refractivity contribution in [2.75, 3.05) is 19.5 Å². The molecule has 39 heavy (non-hydrogen) atoms. The summed E-state index contributed by atoms with van der Waals surface area (Å²) < 4.78 is 9.32. The third kappa shape index (κ3) is 6.76. The first kappa shape index (κ1) is 28.8. The zero-order chi connectivity index (χ0) is 27.1. The van der Waals surface area contributed by atoms with Crippen LogP contribution in [0.2, 0.25) is 5.15 Å². The molecule has 0 aliphatic rings. The fourth-order valence-electron chi connectivity index (χ4n) is 3.49. The maximum Gasteiger partial charge on any atom is 0.337 e. The highest BCUT2D eigenvalue weighted by atomic mass is 35.5. The highest BCUT2D eigenvalue weighted by molar-refractivity contribution is 6.34. The number of hydrogen-bond donors (Lipinski definition) is 1. The van der Waals surface area contributed by atoms with Gasteiger partial charge in [-0.1, -0.05) is 23.6 Å². The number of ether oxygens (including phenoxy) is 2. The fraction of sp³-hybridized carbons (Fsp3) is 0.0714. The van der Waals surface area contributed by atoms with Crippen molar-refractivity contribution in [3.05, 3.63) is 95.2 Å². The van der Waals surface area contributed by atoms with Gasteiger partial charge < -0.3 is 14.8 Å². The summed E-state index contributed by atoms with van der Waals surface area (Å²) in [7, 11) is 2.68. The van der Waals surface area contributed by atoms with E-state index in [1.165, 1.54) is 26.9 Å². The van der Waals surface area contributed by atoms with Gasteiger partial charge in [0.2, 0.25) is 0 Å². The summed E-state index contributed by atoms with van der Waals surface area (Å²) in [6, 6.07) is 17.6. The van der Waals surface area contributed by atoms with E-state index in [2.05, 4.69) is 35.9 Å². The van der Waals surface area contributed by atoms with Crippen molar-refractivity contribution >= 4 is 69.3 Å². The molecule has 0 fully saturated rings. The molecule has 0 spiro atoms. The van der Waals surface area contributed by atoms with Gasteiger partial charge in [0.25, 0.3) is 0 Å². The molecule has 0 bridgehead atoms. The smallest absolute Gasteiger partial charge is 0.337 e. The van der Waals surface area contributed by atoms with Crippen LogP contribution in [0.3, 0.4) is 0 Å². The monoisotopic (exact) mass is 561 g/mol. The number of fused-ring (bicyclic) bond motifs is 2. The van der Waals surface area contributed by atoms with Gasteiger partial charge in [0.1, 0.15) is 23.6 Å². The number of terminal acetylenes is 1. The van der Waals surface area contributed by atoms with Crippen LogP contribution in [0.4, 0.5) is 11.5 Å². The SMILES string of the molecule is C#Cc1cccc(Nc2ncnc3cc(C(=O)OC)ccc23)c1.COC(=O)c1ccc2c(Cl)ncnc2c1.Cl. The van der Waals surface area contributed by atoms with Crippen molar-refractivity contribution < 1.29 is 19.1 Å². The summed E-state index contributed by atoms with van der Waals surface area (Å²) in [5.74, 6) is 2.43. The van der Waals surface area contributed by atoms with E-state index in [1.807, 2.05) is 24.3 Å². The second-order valence-electron chi connectivity index (χ2n) is 7.68. The third-order valence-electron chi connectivity index (χ3n) is 5.36. The summed E-state index contributed by atoms with van der Waals surface area (Å²) in [4.78, 5) is 39.2. The minimum Gasteiger partial charge on any atom is -0.465 e. The predicted octanol–water partition coefficient (Wildman–Crippen LogP) is 5.63. The van der Waals surface area contributed by atoms with E-state index in [1.54, 1.807) is 36.4 Å². The van der Waals surface area contributed by atoms with Crippen molar-refractivity contribution in [3.8, 4) is 12.3 Å². The molecule has 0 radical (unpaired) electrons. The maximum atomic E-state index is 11.6. The lowest BCUT2D eigenvalue weighted by Gasteiger charge is -2.09. The highest BCUT2D eigenvalue weighted by Gasteiger charge is 2.10. The van der Waals surface area contributed by atoms with Gasteiger partial charge in [0.15, 0.2) is 0 Å². The molecular weight excluding hydrogens is 541 g/mol. The number of rotatable bonds is 4. The topological polar surface area (TPSA) is 116 Å². The van der Waals surface area contributed by atoms with Crippen LogP contribution in [-0.2, 0) is 9.47 Å².